The maximum Gasteiger partial charge on any atom is 0.255 e. The molecule has 9 rings (SSSR count). The summed E-state index contributed by atoms with van der Waals surface area (Å²) in [4.78, 5) is 93.3. The van der Waals surface area contributed by atoms with Gasteiger partial charge in [0.2, 0.25) is 29.5 Å². The van der Waals surface area contributed by atoms with Gasteiger partial charge in [-0.3, -0.25) is 38.7 Å². The van der Waals surface area contributed by atoms with Crippen LogP contribution in [0.1, 0.15) is 61.6 Å². The zero-order valence-electron chi connectivity index (χ0n) is 38.9. The first kappa shape index (κ1) is 47.4. The number of benzene rings is 3. The molecule has 6 amide bonds. The van der Waals surface area contributed by atoms with Crippen LogP contribution in [-0.4, -0.2) is 99.9 Å². The van der Waals surface area contributed by atoms with Crippen molar-refractivity contribution in [3.05, 3.63) is 113 Å². The minimum Gasteiger partial charge on any atom is -0.391 e. The van der Waals surface area contributed by atoms with E-state index < -0.39 is 35.4 Å². The summed E-state index contributed by atoms with van der Waals surface area (Å²) in [5.41, 5.74) is 6.48. The van der Waals surface area contributed by atoms with Crippen LogP contribution in [0, 0.1) is 36.0 Å². The highest BCUT2D eigenvalue weighted by Crippen LogP contribution is 2.53. The molecule has 3 fully saturated rings. The van der Waals surface area contributed by atoms with Crippen LogP contribution < -0.4 is 26.2 Å². The van der Waals surface area contributed by atoms with Crippen molar-refractivity contribution < 1.29 is 38.6 Å². The summed E-state index contributed by atoms with van der Waals surface area (Å²) >= 11 is 1.54. The van der Waals surface area contributed by atoms with Crippen LogP contribution in [0.15, 0.2) is 96.7 Å². The number of β-amino-alcohol motifs (C(OH)–C–C–N with tert-alkyl or cyclic N) is 1. The van der Waals surface area contributed by atoms with E-state index in [0.29, 0.717) is 47.8 Å². The molecule has 4 heterocycles. The zero-order valence-corrected chi connectivity index (χ0v) is 39.8. The van der Waals surface area contributed by atoms with Crippen LogP contribution in [0.2, 0.25) is 0 Å². The third-order valence-corrected chi connectivity index (χ3v) is 14.6. The average molecular weight is 953 g/mol. The Balaban J connectivity index is 0.724. The Morgan fingerprint density at radius 2 is 1.61 bits per heavy atom. The summed E-state index contributed by atoms with van der Waals surface area (Å²) < 4.78 is 5.78. The Hall–Kier alpha value is -6.66. The standard InChI is InChI=1S/C52H56N8O8S/c1-29-45(69-28-55-29)30-10-14-35(15-11-30)56-48(64)40-25-37(61)27-59(40)51(67)46(52(2,3)4)58-41(62)19-22-68-23-21-53-26-34-18-20-54-44-38(34)6-5-7-39(44)57-47(63)31-12-16-36(17-13-31)60-49(65)42-32-8-9-33(24-32)43(42)50(60)66/h5-18,20,28,32-33,37,40,42-43,46,53,61H,19,21-27H2,1-4H3,(H,56,64)(H,57,63)(H,58,62)/t32-,33?,37-,40+,42?,43+,46?/m1/s1. The van der Waals surface area contributed by atoms with E-state index in [-0.39, 0.29) is 73.3 Å². The number of allylic oxidation sites excluding steroid dienone is 2. The molecule has 16 nitrogen and oxygen atoms in total. The quantitative estimate of drug-likeness (QED) is 0.0449. The third kappa shape index (κ3) is 9.82. The second-order valence-corrected chi connectivity index (χ2v) is 20.2. The molecule has 4 aliphatic rings. The number of amides is 6. The highest BCUT2D eigenvalue weighted by atomic mass is 32.1. The minimum atomic E-state index is -0.960. The number of aromatic nitrogens is 2. The number of aryl methyl sites for hydroxylation is 1. The molecule has 2 saturated heterocycles. The maximum absolute atomic E-state index is 14.1. The Labute approximate surface area is 403 Å². The van der Waals surface area contributed by atoms with E-state index in [1.54, 1.807) is 54.2 Å². The van der Waals surface area contributed by atoms with Crippen LogP contribution in [0.3, 0.4) is 0 Å². The van der Waals surface area contributed by atoms with Crippen molar-refractivity contribution >= 4 is 74.7 Å². The van der Waals surface area contributed by atoms with Crippen molar-refractivity contribution in [2.75, 3.05) is 41.8 Å². The number of anilines is 3. The summed E-state index contributed by atoms with van der Waals surface area (Å²) in [5.74, 6) is -2.28. The summed E-state index contributed by atoms with van der Waals surface area (Å²) in [6, 6.07) is 19.5. The van der Waals surface area contributed by atoms with Gasteiger partial charge in [0.1, 0.15) is 12.1 Å². The van der Waals surface area contributed by atoms with Crippen LogP contribution in [0.4, 0.5) is 17.1 Å². The normalized spacial score (nSPS) is 22.0. The van der Waals surface area contributed by atoms with Crippen LogP contribution >= 0.6 is 11.3 Å². The number of hydrogen-bond donors (Lipinski definition) is 5. The van der Waals surface area contributed by atoms with Gasteiger partial charge in [-0.15, -0.1) is 11.3 Å². The van der Waals surface area contributed by atoms with Gasteiger partial charge >= 0.3 is 0 Å². The Morgan fingerprint density at radius 1 is 0.884 bits per heavy atom. The van der Waals surface area contributed by atoms with Gasteiger partial charge in [0, 0.05) is 55.3 Å². The van der Waals surface area contributed by atoms with Gasteiger partial charge in [-0.2, -0.15) is 0 Å². The molecule has 5 aromatic rings. The Kier molecular flexibility index (Phi) is 13.6. The zero-order chi connectivity index (χ0) is 48.6. The number of thiazole rings is 1. The maximum atomic E-state index is 14.1. The molecule has 17 heteroatoms. The number of carbonyl (C=O) groups is 6. The van der Waals surface area contributed by atoms with E-state index >= 15 is 0 Å². The predicted octanol–water partition coefficient (Wildman–Crippen LogP) is 5.86. The van der Waals surface area contributed by atoms with Crippen molar-refractivity contribution in [3.63, 3.8) is 0 Å². The molecule has 7 atom stereocenters. The van der Waals surface area contributed by atoms with Crippen molar-refractivity contribution in [1.82, 2.24) is 25.5 Å². The molecule has 3 aromatic carbocycles. The molecule has 358 valence electrons. The number of likely N-dealkylation sites (tertiary alicyclic amines) is 1. The topological polar surface area (TPSA) is 212 Å². The van der Waals surface area contributed by atoms with Crippen molar-refractivity contribution in [3.8, 4) is 10.4 Å². The number of para-hydroxylation sites is 1. The van der Waals surface area contributed by atoms with Gasteiger partial charge in [0.05, 0.1) is 64.1 Å². The average Bonchev–Trinajstić information content (AvgIpc) is 4.18. The van der Waals surface area contributed by atoms with Gasteiger partial charge in [-0.1, -0.05) is 57.2 Å². The smallest absolute Gasteiger partial charge is 0.255 e. The van der Waals surface area contributed by atoms with Gasteiger partial charge in [0.25, 0.3) is 5.91 Å². The lowest BCUT2D eigenvalue weighted by Crippen LogP contribution is -2.57. The molecule has 69 heavy (non-hydrogen) atoms. The molecule has 2 aliphatic carbocycles. The van der Waals surface area contributed by atoms with Gasteiger partial charge in [0.15, 0.2) is 0 Å². The van der Waals surface area contributed by atoms with E-state index in [4.69, 9.17) is 4.74 Å². The molecule has 2 aromatic heterocycles. The first-order valence-corrected chi connectivity index (χ1v) is 24.3. The number of pyridine rings is 1. The fourth-order valence-corrected chi connectivity index (χ4v) is 10.9. The van der Waals surface area contributed by atoms with E-state index in [1.165, 1.54) is 21.1 Å². The second-order valence-electron chi connectivity index (χ2n) is 19.3. The van der Waals surface area contributed by atoms with Crippen LogP contribution in [-0.2, 0) is 35.3 Å². The molecule has 0 spiro atoms. The largest absolute Gasteiger partial charge is 0.391 e. The lowest BCUT2D eigenvalue weighted by molar-refractivity contribution is -0.143. The summed E-state index contributed by atoms with van der Waals surface area (Å²) in [5, 5.41) is 23.6. The van der Waals surface area contributed by atoms with Crippen molar-refractivity contribution in [2.45, 2.75) is 71.7 Å². The van der Waals surface area contributed by atoms with Crippen molar-refractivity contribution in [2.24, 2.45) is 29.1 Å². The lowest BCUT2D eigenvalue weighted by Gasteiger charge is -2.35. The molecule has 1 saturated carbocycles. The molecule has 2 bridgehead atoms. The summed E-state index contributed by atoms with van der Waals surface area (Å²) in [6.07, 6.45) is 5.86. The first-order chi connectivity index (χ1) is 33.2. The minimum absolute atomic E-state index is 0.00833. The van der Waals surface area contributed by atoms with E-state index in [0.717, 1.165) is 33.5 Å². The Bertz CT molecular complexity index is 2790. The molecular weight excluding hydrogens is 897 g/mol. The highest BCUT2D eigenvalue weighted by molar-refractivity contribution is 7.13. The van der Waals surface area contributed by atoms with Crippen LogP contribution in [0.25, 0.3) is 21.3 Å². The number of fused-ring (bicyclic) bond motifs is 6. The molecular formula is C52H56N8O8S. The number of aliphatic hydroxyl groups is 1. The number of nitrogens with zero attached hydrogens (tertiary/aromatic N) is 4. The fourth-order valence-electron chi connectivity index (χ4n) is 10.1. The molecule has 0 radical (unpaired) electrons. The molecule has 3 unspecified atom stereocenters. The molecule has 5 N–H and O–H groups in total. The van der Waals surface area contributed by atoms with Gasteiger partial charge < -0.3 is 36.0 Å². The highest BCUT2D eigenvalue weighted by Gasteiger charge is 2.59. The van der Waals surface area contributed by atoms with E-state index in [1.807, 2.05) is 58.0 Å². The number of ether oxygens (including phenoxy) is 1. The van der Waals surface area contributed by atoms with E-state index in [2.05, 4.69) is 43.4 Å². The second kappa shape index (κ2) is 19.7. The number of imide groups is 1. The SMILES string of the molecule is Cc1ncsc1-c1ccc(NC(=O)[C@@H]2C[C@@H](O)CN2C(=O)C(NC(=O)CCOCCNCc2ccnc3c(NC(=O)c4ccc(N5C(=O)C6[C@@H](C5=O)C5C=C[C@@H]6C5)cc4)cccc23)C(C)(C)C)cc1. The number of carbonyl (C=O) groups excluding carboxylic acids is 6. The Morgan fingerprint density at radius 3 is 2.29 bits per heavy atom. The first-order valence-electron chi connectivity index (χ1n) is 23.4. The number of hydrogen-bond acceptors (Lipinski definition) is 12. The van der Waals surface area contributed by atoms with Crippen LogP contribution in [0.5, 0.6) is 0 Å². The van der Waals surface area contributed by atoms with Crippen molar-refractivity contribution in [1.29, 1.82) is 0 Å². The van der Waals surface area contributed by atoms with E-state index in [9.17, 15) is 33.9 Å². The summed E-state index contributed by atoms with van der Waals surface area (Å²) in [6.45, 7) is 8.81. The van der Waals surface area contributed by atoms with Gasteiger partial charge in [-0.25, -0.2) is 4.98 Å². The lowest BCUT2D eigenvalue weighted by atomic mass is 9.85. The molecule has 2 aliphatic heterocycles. The number of rotatable bonds is 16. The summed E-state index contributed by atoms with van der Waals surface area (Å²) in [7, 11) is 0. The number of nitrogens with one attached hydrogen (secondary N) is 4. The van der Waals surface area contributed by atoms with Gasteiger partial charge in [-0.05, 0) is 90.3 Å². The monoisotopic (exact) mass is 952 g/mol. The third-order valence-electron chi connectivity index (χ3n) is 13.6. The number of aliphatic hydroxyl groups excluding tert-OH is 1. The predicted molar refractivity (Wildman–Crippen MR) is 262 cm³/mol. The fraction of sp³-hybridized carbons (Fsp3) is 0.385.